The Balaban J connectivity index is 1.87. The molecule has 0 atom stereocenters. The van der Waals surface area contributed by atoms with Crippen molar-refractivity contribution in [3.05, 3.63) is 53.7 Å². The van der Waals surface area contributed by atoms with E-state index in [0.717, 1.165) is 47.6 Å². The minimum absolute atomic E-state index is 0.701. The molecule has 20 heavy (non-hydrogen) atoms. The van der Waals surface area contributed by atoms with E-state index in [1.807, 2.05) is 30.3 Å². The summed E-state index contributed by atoms with van der Waals surface area (Å²) in [5, 5.41) is 5.09. The number of ether oxygens (including phenoxy) is 1. The largest absolute Gasteiger partial charge is 0.380 e. The van der Waals surface area contributed by atoms with Gasteiger partial charge in [-0.25, -0.2) is 0 Å². The first-order chi connectivity index (χ1) is 9.83. The molecule has 1 aromatic heterocycles. The number of rotatable bonds is 8. The SMILES string of the molecule is C=CCCOCCNCc1ccc(Cl)c2cccnc12. The van der Waals surface area contributed by atoms with E-state index in [1.54, 1.807) is 6.20 Å². The molecule has 3 nitrogen and oxygen atoms in total. The molecule has 106 valence electrons. The summed E-state index contributed by atoms with van der Waals surface area (Å²) in [7, 11) is 0. The van der Waals surface area contributed by atoms with E-state index in [1.165, 1.54) is 0 Å². The van der Waals surface area contributed by atoms with Gasteiger partial charge in [0.1, 0.15) is 0 Å². The van der Waals surface area contributed by atoms with Crippen LogP contribution in [0.5, 0.6) is 0 Å². The summed E-state index contributed by atoms with van der Waals surface area (Å²) in [5.74, 6) is 0. The zero-order chi connectivity index (χ0) is 14.2. The van der Waals surface area contributed by atoms with Crippen molar-refractivity contribution in [1.29, 1.82) is 0 Å². The Morgan fingerprint density at radius 2 is 2.20 bits per heavy atom. The van der Waals surface area contributed by atoms with Gasteiger partial charge in [0, 0.05) is 29.7 Å². The van der Waals surface area contributed by atoms with Gasteiger partial charge in [0.15, 0.2) is 0 Å². The van der Waals surface area contributed by atoms with Crippen molar-refractivity contribution in [3.8, 4) is 0 Å². The monoisotopic (exact) mass is 290 g/mol. The summed E-state index contributed by atoms with van der Waals surface area (Å²) in [4.78, 5) is 4.41. The summed E-state index contributed by atoms with van der Waals surface area (Å²) in [6.07, 6.45) is 4.55. The molecule has 0 aliphatic heterocycles. The highest BCUT2D eigenvalue weighted by atomic mass is 35.5. The van der Waals surface area contributed by atoms with E-state index < -0.39 is 0 Å². The van der Waals surface area contributed by atoms with Crippen molar-refractivity contribution < 1.29 is 4.74 Å². The first kappa shape index (κ1) is 15.0. The van der Waals surface area contributed by atoms with E-state index in [2.05, 4.69) is 16.9 Å². The quantitative estimate of drug-likeness (QED) is 0.596. The summed E-state index contributed by atoms with van der Waals surface area (Å²) >= 11 is 6.17. The van der Waals surface area contributed by atoms with Gasteiger partial charge in [0.05, 0.1) is 18.7 Å². The number of benzene rings is 1. The zero-order valence-corrected chi connectivity index (χ0v) is 12.2. The van der Waals surface area contributed by atoms with E-state index in [9.17, 15) is 0 Å². The third-order valence-corrected chi connectivity index (χ3v) is 3.33. The molecule has 0 saturated carbocycles. The standard InChI is InChI=1S/C16H19ClN2O/c1-2-3-10-20-11-9-18-12-13-6-7-15(17)14-5-4-8-19-16(13)14/h2,4-8,18H,1,3,9-12H2. The number of aromatic nitrogens is 1. The minimum Gasteiger partial charge on any atom is -0.380 e. The Labute approximate surface area is 124 Å². The fourth-order valence-electron chi connectivity index (χ4n) is 1.98. The molecule has 0 fully saturated rings. The van der Waals surface area contributed by atoms with E-state index >= 15 is 0 Å². The highest BCUT2D eigenvalue weighted by molar-refractivity contribution is 6.35. The molecule has 0 radical (unpaired) electrons. The minimum atomic E-state index is 0.701. The second kappa shape index (κ2) is 8.00. The molecule has 2 rings (SSSR count). The van der Waals surface area contributed by atoms with Gasteiger partial charge in [-0.05, 0) is 30.2 Å². The molecule has 1 N–H and O–H groups in total. The Morgan fingerprint density at radius 1 is 1.30 bits per heavy atom. The second-order valence-electron chi connectivity index (χ2n) is 4.47. The fourth-order valence-corrected chi connectivity index (χ4v) is 2.19. The van der Waals surface area contributed by atoms with Gasteiger partial charge >= 0.3 is 0 Å². The summed E-state index contributed by atoms with van der Waals surface area (Å²) in [5.41, 5.74) is 2.11. The smallest absolute Gasteiger partial charge is 0.0761 e. The van der Waals surface area contributed by atoms with E-state index in [0.29, 0.717) is 6.61 Å². The van der Waals surface area contributed by atoms with Gasteiger partial charge in [0.25, 0.3) is 0 Å². The van der Waals surface area contributed by atoms with E-state index in [4.69, 9.17) is 16.3 Å². The average Bonchev–Trinajstić information content (AvgIpc) is 2.49. The Hall–Kier alpha value is -1.42. The molecule has 0 bridgehead atoms. The van der Waals surface area contributed by atoms with Crippen LogP contribution in [0.25, 0.3) is 10.9 Å². The van der Waals surface area contributed by atoms with Crippen molar-refractivity contribution >= 4 is 22.5 Å². The molecule has 0 aliphatic rings. The summed E-state index contributed by atoms with van der Waals surface area (Å²) in [6.45, 7) is 6.66. The number of pyridine rings is 1. The average molecular weight is 291 g/mol. The van der Waals surface area contributed by atoms with Crippen molar-refractivity contribution in [2.75, 3.05) is 19.8 Å². The van der Waals surface area contributed by atoms with Crippen LogP contribution in [0, 0.1) is 0 Å². The highest BCUT2D eigenvalue weighted by Gasteiger charge is 2.04. The maximum atomic E-state index is 6.17. The van der Waals surface area contributed by atoms with Gasteiger partial charge in [-0.15, -0.1) is 6.58 Å². The first-order valence-corrected chi connectivity index (χ1v) is 7.12. The maximum Gasteiger partial charge on any atom is 0.0761 e. The number of hydrogen-bond donors (Lipinski definition) is 1. The predicted octanol–water partition coefficient (Wildman–Crippen LogP) is 3.57. The molecule has 1 aromatic carbocycles. The molecule has 0 aliphatic carbocycles. The number of fused-ring (bicyclic) bond motifs is 1. The van der Waals surface area contributed by atoms with Gasteiger partial charge in [-0.2, -0.15) is 0 Å². The third kappa shape index (κ3) is 4.04. The molecule has 0 unspecified atom stereocenters. The van der Waals surface area contributed by atoms with Crippen molar-refractivity contribution in [1.82, 2.24) is 10.3 Å². The van der Waals surface area contributed by atoms with Crippen LogP contribution in [-0.2, 0) is 11.3 Å². The molecular weight excluding hydrogens is 272 g/mol. The molecule has 2 aromatic rings. The molecule has 0 amide bonds. The topological polar surface area (TPSA) is 34.1 Å². The van der Waals surface area contributed by atoms with Crippen LogP contribution in [0.1, 0.15) is 12.0 Å². The number of nitrogens with one attached hydrogen (secondary N) is 1. The predicted molar refractivity (Wildman–Crippen MR) is 84.1 cm³/mol. The maximum absolute atomic E-state index is 6.17. The van der Waals surface area contributed by atoms with Gasteiger partial charge in [-0.1, -0.05) is 23.7 Å². The normalized spacial score (nSPS) is 10.8. The zero-order valence-electron chi connectivity index (χ0n) is 11.4. The molecule has 0 saturated heterocycles. The number of hydrogen-bond acceptors (Lipinski definition) is 3. The lowest BCUT2D eigenvalue weighted by molar-refractivity contribution is 0.140. The Morgan fingerprint density at radius 3 is 3.05 bits per heavy atom. The van der Waals surface area contributed by atoms with E-state index in [-0.39, 0.29) is 0 Å². The highest BCUT2D eigenvalue weighted by Crippen LogP contribution is 2.24. The van der Waals surface area contributed by atoms with Crippen LogP contribution in [-0.4, -0.2) is 24.7 Å². The van der Waals surface area contributed by atoms with Gasteiger partial charge in [-0.3, -0.25) is 4.98 Å². The van der Waals surface area contributed by atoms with Crippen LogP contribution < -0.4 is 5.32 Å². The van der Waals surface area contributed by atoms with Crippen molar-refractivity contribution in [2.45, 2.75) is 13.0 Å². The molecular formula is C16H19ClN2O. The molecule has 0 spiro atoms. The lowest BCUT2D eigenvalue weighted by Gasteiger charge is -2.09. The molecule has 4 heteroatoms. The van der Waals surface area contributed by atoms with Crippen LogP contribution in [0.2, 0.25) is 5.02 Å². The van der Waals surface area contributed by atoms with Gasteiger partial charge in [0.2, 0.25) is 0 Å². The third-order valence-electron chi connectivity index (χ3n) is 3.00. The molecule has 1 heterocycles. The first-order valence-electron chi connectivity index (χ1n) is 6.74. The van der Waals surface area contributed by atoms with Gasteiger partial charge < -0.3 is 10.1 Å². The number of nitrogens with zero attached hydrogens (tertiary/aromatic N) is 1. The van der Waals surface area contributed by atoms with Crippen LogP contribution >= 0.6 is 11.6 Å². The van der Waals surface area contributed by atoms with Crippen molar-refractivity contribution in [3.63, 3.8) is 0 Å². The Bertz CT molecular complexity index is 571. The van der Waals surface area contributed by atoms with Crippen LogP contribution in [0.15, 0.2) is 43.1 Å². The van der Waals surface area contributed by atoms with Crippen LogP contribution in [0.4, 0.5) is 0 Å². The second-order valence-corrected chi connectivity index (χ2v) is 4.88. The lowest BCUT2D eigenvalue weighted by Crippen LogP contribution is -2.19. The lowest BCUT2D eigenvalue weighted by atomic mass is 10.1. The van der Waals surface area contributed by atoms with Crippen molar-refractivity contribution in [2.24, 2.45) is 0 Å². The fraction of sp³-hybridized carbons (Fsp3) is 0.312. The summed E-state index contributed by atoms with van der Waals surface area (Å²) in [6, 6.07) is 7.83. The summed E-state index contributed by atoms with van der Waals surface area (Å²) < 4.78 is 5.45. The number of halogens is 1. The van der Waals surface area contributed by atoms with Crippen LogP contribution in [0.3, 0.4) is 0 Å². The Kier molecular flexibility index (Phi) is 5.99.